The molecule has 6 heteroatoms. The van der Waals surface area contributed by atoms with Crippen LogP contribution in [0.3, 0.4) is 0 Å². The number of nitrogens with zero attached hydrogens (tertiary/aromatic N) is 1. The zero-order chi connectivity index (χ0) is 14.8. The van der Waals surface area contributed by atoms with Crippen LogP contribution in [-0.2, 0) is 15.9 Å². The smallest absolute Gasteiger partial charge is 0.207 e. The third kappa shape index (κ3) is 3.38. The molecule has 20 heavy (non-hydrogen) atoms. The zero-order valence-electron chi connectivity index (χ0n) is 11.5. The van der Waals surface area contributed by atoms with E-state index < -0.39 is 10.0 Å². The van der Waals surface area contributed by atoms with Crippen molar-refractivity contribution in [2.24, 2.45) is 5.92 Å². The molecule has 1 unspecified atom stereocenters. The molecule has 1 aromatic carbocycles. The molecular weight excluding hydrogens is 362 g/mol. The Morgan fingerprint density at radius 3 is 2.85 bits per heavy atom. The molecule has 1 atom stereocenters. The van der Waals surface area contributed by atoms with Crippen molar-refractivity contribution in [1.82, 2.24) is 4.31 Å². The van der Waals surface area contributed by atoms with Gasteiger partial charge in [-0.1, -0.05) is 19.4 Å². The Hall–Kier alpha value is -0.100. The second-order valence-corrected chi connectivity index (χ2v) is 8.23. The van der Waals surface area contributed by atoms with E-state index in [1.54, 1.807) is 16.4 Å². The summed E-state index contributed by atoms with van der Waals surface area (Å²) in [6.07, 6.45) is 3.15. The summed E-state index contributed by atoms with van der Waals surface area (Å²) in [5.41, 5.74) is 0.817. The highest BCUT2D eigenvalue weighted by Crippen LogP contribution is 2.31. The van der Waals surface area contributed by atoms with E-state index in [-0.39, 0.29) is 0 Å². The van der Waals surface area contributed by atoms with Gasteiger partial charge < -0.3 is 0 Å². The lowest BCUT2D eigenvalue weighted by Gasteiger charge is -2.18. The molecule has 0 aromatic heterocycles. The zero-order valence-corrected chi connectivity index (χ0v) is 14.6. The molecule has 0 aliphatic carbocycles. The highest BCUT2D eigenvalue weighted by atomic mass is 79.9. The molecule has 1 heterocycles. The summed E-state index contributed by atoms with van der Waals surface area (Å²) in [7, 11) is -3.43. The predicted molar refractivity (Wildman–Crippen MR) is 85.5 cm³/mol. The second kappa shape index (κ2) is 6.77. The second-order valence-electron chi connectivity index (χ2n) is 5.20. The van der Waals surface area contributed by atoms with Crippen molar-refractivity contribution in [2.45, 2.75) is 37.0 Å². The summed E-state index contributed by atoms with van der Waals surface area (Å²) < 4.78 is 27.7. The summed E-state index contributed by atoms with van der Waals surface area (Å²) in [6, 6.07) is 5.25. The molecule has 112 valence electrons. The van der Waals surface area contributed by atoms with Gasteiger partial charge in [-0.15, -0.1) is 11.6 Å². The van der Waals surface area contributed by atoms with Gasteiger partial charge in [0.2, 0.25) is 10.0 Å². The van der Waals surface area contributed by atoms with E-state index in [2.05, 4.69) is 22.9 Å². The molecule has 1 saturated heterocycles. The van der Waals surface area contributed by atoms with Gasteiger partial charge in [0.1, 0.15) is 0 Å². The van der Waals surface area contributed by atoms with Crippen LogP contribution in [-0.4, -0.2) is 25.8 Å². The van der Waals surface area contributed by atoms with Gasteiger partial charge in [0.05, 0.1) is 4.90 Å². The number of hydrogen-bond acceptors (Lipinski definition) is 2. The van der Waals surface area contributed by atoms with E-state index >= 15 is 0 Å². The van der Waals surface area contributed by atoms with Gasteiger partial charge in [-0.2, -0.15) is 4.31 Å². The topological polar surface area (TPSA) is 37.4 Å². The van der Waals surface area contributed by atoms with Crippen molar-refractivity contribution in [3.05, 3.63) is 28.2 Å². The van der Waals surface area contributed by atoms with E-state index in [4.69, 9.17) is 11.6 Å². The van der Waals surface area contributed by atoms with Crippen LogP contribution >= 0.6 is 27.5 Å². The third-order valence-corrected chi connectivity index (χ3v) is 6.88. The Morgan fingerprint density at radius 1 is 1.45 bits per heavy atom. The lowest BCUT2D eigenvalue weighted by molar-refractivity contribution is 0.444. The first-order valence-electron chi connectivity index (χ1n) is 6.83. The van der Waals surface area contributed by atoms with Gasteiger partial charge in [0.15, 0.2) is 0 Å². The van der Waals surface area contributed by atoms with E-state index in [9.17, 15) is 8.42 Å². The fraction of sp³-hybridized carbons (Fsp3) is 0.571. The number of sulfonamides is 1. The molecule has 1 aliphatic heterocycles. The molecule has 1 fully saturated rings. The first-order chi connectivity index (χ1) is 9.48. The predicted octanol–water partition coefficient (Wildman–Crippen LogP) is 4.00. The molecule has 0 N–H and O–H groups in total. The van der Waals surface area contributed by atoms with Crippen molar-refractivity contribution in [1.29, 1.82) is 0 Å². The quantitative estimate of drug-likeness (QED) is 0.724. The van der Waals surface area contributed by atoms with E-state index in [1.807, 2.05) is 6.07 Å². The van der Waals surface area contributed by atoms with Crippen molar-refractivity contribution in [3.63, 3.8) is 0 Å². The van der Waals surface area contributed by atoms with Crippen molar-refractivity contribution in [3.8, 4) is 0 Å². The van der Waals surface area contributed by atoms with Crippen LogP contribution in [0.25, 0.3) is 0 Å². The summed E-state index contributed by atoms with van der Waals surface area (Å²) in [5, 5.41) is 0. The third-order valence-electron chi connectivity index (χ3n) is 3.71. The van der Waals surface area contributed by atoms with Crippen LogP contribution in [0.2, 0.25) is 0 Å². The summed E-state index contributed by atoms with van der Waals surface area (Å²) in [6.45, 7) is 3.38. The number of alkyl halides is 1. The first-order valence-corrected chi connectivity index (χ1v) is 9.60. The van der Waals surface area contributed by atoms with Crippen LogP contribution < -0.4 is 0 Å². The van der Waals surface area contributed by atoms with Gasteiger partial charge in [0.25, 0.3) is 0 Å². The van der Waals surface area contributed by atoms with Crippen molar-refractivity contribution >= 4 is 37.6 Å². The number of halogens is 2. The Balaban J connectivity index is 2.27. The van der Waals surface area contributed by atoms with Gasteiger partial charge in [-0.3, -0.25) is 0 Å². The van der Waals surface area contributed by atoms with Gasteiger partial charge in [-0.25, -0.2) is 8.42 Å². The number of hydrogen-bond donors (Lipinski definition) is 0. The molecule has 0 amide bonds. The van der Waals surface area contributed by atoms with Crippen LogP contribution in [0.1, 0.15) is 31.7 Å². The number of benzene rings is 1. The number of rotatable bonds is 5. The Morgan fingerprint density at radius 2 is 2.20 bits per heavy atom. The standard InChI is InChI=1S/C14H19BrClNO2S/c1-2-3-11-6-7-17(10-11)20(18,19)14-8-12(9-16)4-5-13(14)15/h4-5,8,11H,2-3,6-7,9-10H2,1H3. The molecule has 2 rings (SSSR count). The maximum absolute atomic E-state index is 12.7. The molecule has 0 saturated carbocycles. The minimum absolute atomic E-state index is 0.314. The maximum Gasteiger partial charge on any atom is 0.244 e. The Kier molecular flexibility index (Phi) is 5.51. The van der Waals surface area contributed by atoms with Gasteiger partial charge >= 0.3 is 0 Å². The minimum Gasteiger partial charge on any atom is -0.207 e. The Bertz CT molecular complexity index is 577. The minimum atomic E-state index is -3.43. The summed E-state index contributed by atoms with van der Waals surface area (Å²) >= 11 is 9.14. The molecule has 0 radical (unpaired) electrons. The average molecular weight is 381 g/mol. The van der Waals surface area contributed by atoms with Gasteiger partial charge in [0, 0.05) is 23.4 Å². The van der Waals surface area contributed by atoms with Crippen LogP contribution in [0.4, 0.5) is 0 Å². The van der Waals surface area contributed by atoms with Crippen molar-refractivity contribution in [2.75, 3.05) is 13.1 Å². The largest absolute Gasteiger partial charge is 0.244 e. The van der Waals surface area contributed by atoms with E-state index in [0.29, 0.717) is 34.3 Å². The highest BCUT2D eigenvalue weighted by molar-refractivity contribution is 9.10. The average Bonchev–Trinajstić information content (AvgIpc) is 2.89. The molecule has 0 spiro atoms. The van der Waals surface area contributed by atoms with E-state index in [1.165, 1.54) is 0 Å². The van der Waals surface area contributed by atoms with Crippen molar-refractivity contribution < 1.29 is 8.42 Å². The van der Waals surface area contributed by atoms with E-state index in [0.717, 1.165) is 24.8 Å². The molecular formula is C14H19BrClNO2S. The highest BCUT2D eigenvalue weighted by Gasteiger charge is 2.33. The molecule has 3 nitrogen and oxygen atoms in total. The Labute approximate surface area is 134 Å². The van der Waals surface area contributed by atoms with Crippen LogP contribution in [0.15, 0.2) is 27.6 Å². The van der Waals surface area contributed by atoms with Gasteiger partial charge in [-0.05, 0) is 52.4 Å². The SMILES string of the molecule is CCCC1CCN(S(=O)(=O)c2cc(CCl)ccc2Br)C1. The van der Waals surface area contributed by atoms with Crippen LogP contribution in [0.5, 0.6) is 0 Å². The fourth-order valence-corrected chi connectivity index (χ4v) is 5.30. The lowest BCUT2D eigenvalue weighted by Crippen LogP contribution is -2.29. The summed E-state index contributed by atoms with van der Waals surface area (Å²) in [4.78, 5) is 0.327. The van der Waals surface area contributed by atoms with Crippen LogP contribution in [0, 0.1) is 5.92 Å². The normalized spacial score (nSPS) is 20.4. The molecule has 1 aliphatic rings. The summed E-state index contributed by atoms with van der Waals surface area (Å²) in [5.74, 6) is 0.804. The lowest BCUT2D eigenvalue weighted by atomic mass is 10.0. The monoisotopic (exact) mass is 379 g/mol. The maximum atomic E-state index is 12.7. The fourth-order valence-electron chi connectivity index (χ4n) is 2.63. The molecule has 1 aromatic rings. The molecule has 0 bridgehead atoms. The first kappa shape index (κ1) is 16.3.